The van der Waals surface area contributed by atoms with Crippen LogP contribution in [0.5, 0.6) is 0 Å². The van der Waals surface area contributed by atoms with Crippen LogP contribution >= 0.6 is 0 Å². The Hall–Kier alpha value is -1.41. The predicted octanol–water partition coefficient (Wildman–Crippen LogP) is 0.682. The fraction of sp³-hybridized carbons (Fsp3) is 0.700. The van der Waals surface area contributed by atoms with Crippen molar-refractivity contribution in [3.05, 3.63) is 11.9 Å². The lowest BCUT2D eigenvalue weighted by molar-refractivity contribution is 0.351. The molecule has 0 radical (unpaired) electrons. The smallest absolute Gasteiger partial charge is 0.182 e. The Morgan fingerprint density at radius 3 is 3.20 bits per heavy atom. The Bertz CT molecular complexity index is 345. The van der Waals surface area contributed by atoms with Gasteiger partial charge in [0.2, 0.25) is 0 Å². The Labute approximate surface area is 89.1 Å². The van der Waals surface area contributed by atoms with E-state index in [9.17, 15) is 0 Å². The van der Waals surface area contributed by atoms with Crippen molar-refractivity contribution >= 4 is 0 Å². The van der Waals surface area contributed by atoms with Gasteiger partial charge in [0.05, 0.1) is 12.7 Å². The van der Waals surface area contributed by atoms with Crippen molar-refractivity contribution in [2.24, 2.45) is 0 Å². The minimum absolute atomic E-state index is 0.395. The van der Waals surface area contributed by atoms with Gasteiger partial charge in [0.15, 0.2) is 5.69 Å². The monoisotopic (exact) mass is 205 g/mol. The molecule has 0 aliphatic carbocycles. The predicted molar refractivity (Wildman–Crippen MR) is 55.0 cm³/mol. The molecular weight excluding hydrogens is 190 g/mol. The second-order valence-corrected chi connectivity index (χ2v) is 3.87. The molecule has 1 unspecified atom stereocenters. The van der Waals surface area contributed by atoms with Crippen molar-refractivity contribution in [3.8, 4) is 6.07 Å². The third-order valence-corrected chi connectivity index (χ3v) is 2.74. The van der Waals surface area contributed by atoms with Gasteiger partial charge >= 0.3 is 0 Å². The zero-order valence-corrected chi connectivity index (χ0v) is 8.69. The van der Waals surface area contributed by atoms with Gasteiger partial charge in [0.1, 0.15) is 6.07 Å². The van der Waals surface area contributed by atoms with Gasteiger partial charge < -0.3 is 5.32 Å². The Morgan fingerprint density at radius 2 is 2.53 bits per heavy atom. The van der Waals surface area contributed by atoms with Gasteiger partial charge in [-0.05, 0) is 25.8 Å². The molecule has 0 bridgehead atoms. The van der Waals surface area contributed by atoms with Crippen molar-refractivity contribution in [1.82, 2.24) is 20.3 Å². The molecule has 1 aromatic rings. The molecule has 0 aromatic carbocycles. The largest absolute Gasteiger partial charge is 0.314 e. The molecule has 1 aromatic heterocycles. The number of aryl methyl sites for hydroxylation is 1. The molecule has 1 aliphatic heterocycles. The maximum Gasteiger partial charge on any atom is 0.182 e. The van der Waals surface area contributed by atoms with Gasteiger partial charge in [-0.3, -0.25) is 0 Å². The summed E-state index contributed by atoms with van der Waals surface area (Å²) in [7, 11) is 0. The van der Waals surface area contributed by atoms with Crippen molar-refractivity contribution in [1.29, 1.82) is 5.26 Å². The first kappa shape index (κ1) is 10.1. The lowest BCUT2D eigenvalue weighted by Gasteiger charge is -2.22. The molecule has 1 fully saturated rings. The Balaban J connectivity index is 1.79. The fourth-order valence-corrected chi connectivity index (χ4v) is 1.90. The van der Waals surface area contributed by atoms with E-state index >= 15 is 0 Å². The number of nitrogens with zero attached hydrogens (tertiary/aromatic N) is 4. The topological polar surface area (TPSA) is 66.5 Å². The SMILES string of the molecule is N#Cc1cnn(CCC2CCCCN2)n1. The summed E-state index contributed by atoms with van der Waals surface area (Å²) in [5.41, 5.74) is 0.395. The molecule has 0 saturated carbocycles. The summed E-state index contributed by atoms with van der Waals surface area (Å²) in [4.78, 5) is 1.61. The second kappa shape index (κ2) is 4.89. The van der Waals surface area contributed by atoms with Gasteiger partial charge in [0.25, 0.3) is 0 Å². The van der Waals surface area contributed by atoms with Crippen LogP contribution in [0.4, 0.5) is 0 Å². The van der Waals surface area contributed by atoms with Gasteiger partial charge in [-0.15, -0.1) is 5.10 Å². The van der Waals surface area contributed by atoms with Crippen LogP contribution in [0.3, 0.4) is 0 Å². The molecule has 1 atom stereocenters. The summed E-state index contributed by atoms with van der Waals surface area (Å²) in [5, 5.41) is 20.1. The highest BCUT2D eigenvalue weighted by atomic mass is 15.5. The van der Waals surface area contributed by atoms with Gasteiger partial charge in [-0.25, -0.2) is 0 Å². The third-order valence-electron chi connectivity index (χ3n) is 2.74. The van der Waals surface area contributed by atoms with Crippen LogP contribution in [-0.2, 0) is 6.54 Å². The molecule has 2 heterocycles. The van der Waals surface area contributed by atoms with E-state index in [0.717, 1.165) is 19.5 Å². The quantitative estimate of drug-likeness (QED) is 0.788. The average molecular weight is 205 g/mol. The highest BCUT2D eigenvalue weighted by molar-refractivity contribution is 5.12. The van der Waals surface area contributed by atoms with Crippen LogP contribution in [0.1, 0.15) is 31.4 Å². The van der Waals surface area contributed by atoms with Crippen LogP contribution in [0.25, 0.3) is 0 Å². The standard InChI is InChI=1S/C10H15N5/c11-7-10-8-13-15(14-10)6-4-9-3-1-2-5-12-9/h8-9,12H,1-6H2. The lowest BCUT2D eigenvalue weighted by Crippen LogP contribution is -2.34. The summed E-state index contributed by atoms with van der Waals surface area (Å²) in [5.74, 6) is 0. The molecule has 0 amide bonds. The molecular formula is C10H15N5. The summed E-state index contributed by atoms with van der Waals surface area (Å²) < 4.78 is 0. The van der Waals surface area contributed by atoms with Crippen LogP contribution in [0, 0.1) is 11.3 Å². The first-order valence-electron chi connectivity index (χ1n) is 5.42. The Morgan fingerprint density at radius 1 is 1.60 bits per heavy atom. The van der Waals surface area contributed by atoms with E-state index in [1.54, 1.807) is 4.80 Å². The first-order chi connectivity index (χ1) is 7.38. The Kier molecular flexibility index (Phi) is 3.30. The molecule has 1 saturated heterocycles. The minimum Gasteiger partial charge on any atom is -0.314 e. The molecule has 0 spiro atoms. The number of hydrogen-bond acceptors (Lipinski definition) is 4. The van der Waals surface area contributed by atoms with E-state index < -0.39 is 0 Å². The normalized spacial score (nSPS) is 21.1. The van der Waals surface area contributed by atoms with E-state index in [0.29, 0.717) is 11.7 Å². The van der Waals surface area contributed by atoms with Crippen molar-refractivity contribution in [2.75, 3.05) is 6.54 Å². The molecule has 80 valence electrons. The zero-order valence-electron chi connectivity index (χ0n) is 8.69. The molecule has 2 rings (SSSR count). The van der Waals surface area contributed by atoms with E-state index in [2.05, 4.69) is 15.5 Å². The van der Waals surface area contributed by atoms with E-state index in [4.69, 9.17) is 5.26 Å². The summed E-state index contributed by atoms with van der Waals surface area (Å²) >= 11 is 0. The van der Waals surface area contributed by atoms with Crippen LogP contribution in [0.15, 0.2) is 6.20 Å². The maximum atomic E-state index is 8.59. The number of rotatable bonds is 3. The van der Waals surface area contributed by atoms with E-state index in [1.165, 1.54) is 25.5 Å². The molecule has 5 heteroatoms. The van der Waals surface area contributed by atoms with Crippen molar-refractivity contribution in [3.63, 3.8) is 0 Å². The summed E-state index contributed by atoms with van der Waals surface area (Å²) in [6.07, 6.45) is 6.39. The molecule has 1 N–H and O–H groups in total. The third kappa shape index (κ3) is 2.77. The van der Waals surface area contributed by atoms with Gasteiger partial charge in [0, 0.05) is 6.04 Å². The van der Waals surface area contributed by atoms with Crippen molar-refractivity contribution < 1.29 is 0 Å². The maximum absolute atomic E-state index is 8.59. The van der Waals surface area contributed by atoms with Crippen LogP contribution in [0.2, 0.25) is 0 Å². The lowest BCUT2D eigenvalue weighted by atomic mass is 10.0. The zero-order chi connectivity index (χ0) is 10.5. The van der Waals surface area contributed by atoms with Crippen LogP contribution in [-0.4, -0.2) is 27.6 Å². The summed E-state index contributed by atoms with van der Waals surface area (Å²) in [6, 6.07) is 2.57. The second-order valence-electron chi connectivity index (χ2n) is 3.87. The molecule has 1 aliphatic rings. The van der Waals surface area contributed by atoms with Gasteiger partial charge in [-0.1, -0.05) is 6.42 Å². The average Bonchev–Trinajstić information content (AvgIpc) is 2.76. The number of nitriles is 1. The van der Waals surface area contributed by atoms with E-state index in [1.807, 2.05) is 6.07 Å². The molecule has 5 nitrogen and oxygen atoms in total. The first-order valence-corrected chi connectivity index (χ1v) is 5.42. The van der Waals surface area contributed by atoms with Crippen molar-refractivity contribution in [2.45, 2.75) is 38.3 Å². The number of nitrogens with one attached hydrogen (secondary N) is 1. The highest BCUT2D eigenvalue weighted by Gasteiger charge is 2.12. The number of piperidine rings is 1. The molecule has 15 heavy (non-hydrogen) atoms. The highest BCUT2D eigenvalue weighted by Crippen LogP contribution is 2.10. The number of aromatic nitrogens is 3. The van der Waals surface area contributed by atoms with Gasteiger partial charge in [-0.2, -0.15) is 15.2 Å². The minimum atomic E-state index is 0.395. The number of hydrogen-bond donors (Lipinski definition) is 1. The van der Waals surface area contributed by atoms with Crippen LogP contribution < -0.4 is 5.32 Å². The fourth-order valence-electron chi connectivity index (χ4n) is 1.90. The summed E-state index contributed by atoms with van der Waals surface area (Å²) in [6.45, 7) is 1.92. The van der Waals surface area contributed by atoms with E-state index in [-0.39, 0.29) is 0 Å².